The maximum absolute atomic E-state index is 12.0. The fraction of sp³-hybridized carbons (Fsp3) is 0.818. The van der Waals surface area contributed by atoms with Crippen LogP contribution in [0.2, 0.25) is 0 Å². The Hall–Kier alpha value is -1.14. The number of carbonyl (C=O) groups excluding carboxylic acids is 2. The summed E-state index contributed by atoms with van der Waals surface area (Å²) in [7, 11) is 0. The predicted octanol–water partition coefficient (Wildman–Crippen LogP) is -1.63. The predicted molar refractivity (Wildman–Crippen MR) is 63.2 cm³/mol. The van der Waals surface area contributed by atoms with Gasteiger partial charge in [0.05, 0.1) is 0 Å². The van der Waals surface area contributed by atoms with Gasteiger partial charge in [0.2, 0.25) is 0 Å². The molecule has 17 heavy (non-hydrogen) atoms. The minimum Gasteiger partial charge on any atom is -0.333 e. The lowest BCUT2D eigenvalue weighted by Crippen LogP contribution is -2.54. The van der Waals surface area contributed by atoms with Crippen LogP contribution in [0.5, 0.6) is 0 Å². The second-order valence-electron chi connectivity index (χ2n) is 4.70. The van der Waals surface area contributed by atoms with E-state index in [0.29, 0.717) is 26.2 Å². The maximum atomic E-state index is 12.0. The summed E-state index contributed by atoms with van der Waals surface area (Å²) in [6.07, 6.45) is 1.83. The number of rotatable bonds is 0. The topological polar surface area (TPSA) is 78.7 Å². The van der Waals surface area contributed by atoms with E-state index in [1.807, 2.05) is 0 Å². The first-order valence-electron chi connectivity index (χ1n) is 6.23. The highest BCUT2D eigenvalue weighted by atomic mass is 16.2. The Labute approximate surface area is 101 Å². The fourth-order valence-electron chi connectivity index (χ4n) is 2.33. The van der Waals surface area contributed by atoms with E-state index < -0.39 is 0 Å². The van der Waals surface area contributed by atoms with Crippen molar-refractivity contribution < 1.29 is 9.59 Å². The van der Waals surface area contributed by atoms with Gasteiger partial charge in [-0.05, 0) is 12.8 Å². The second kappa shape index (κ2) is 5.46. The van der Waals surface area contributed by atoms with Gasteiger partial charge in [-0.2, -0.15) is 0 Å². The highest BCUT2D eigenvalue weighted by molar-refractivity contribution is 6.34. The molecule has 2 fully saturated rings. The van der Waals surface area contributed by atoms with Crippen molar-refractivity contribution in [1.29, 1.82) is 0 Å². The average molecular weight is 240 g/mol. The molecule has 2 rings (SSSR count). The van der Waals surface area contributed by atoms with Gasteiger partial charge in [0.15, 0.2) is 0 Å². The molecule has 2 amide bonds. The largest absolute Gasteiger partial charge is 0.333 e. The van der Waals surface area contributed by atoms with Gasteiger partial charge in [-0.3, -0.25) is 9.59 Å². The van der Waals surface area contributed by atoms with E-state index in [1.54, 1.807) is 9.80 Å². The molecule has 6 nitrogen and oxygen atoms in total. The molecule has 0 aromatic heterocycles. The van der Waals surface area contributed by atoms with E-state index in [1.165, 1.54) is 0 Å². The molecule has 3 N–H and O–H groups in total. The quantitative estimate of drug-likeness (QED) is 0.498. The van der Waals surface area contributed by atoms with Gasteiger partial charge in [0.25, 0.3) is 0 Å². The number of carbonyl (C=O) groups is 2. The van der Waals surface area contributed by atoms with Crippen LogP contribution in [-0.4, -0.2) is 66.9 Å². The first-order valence-corrected chi connectivity index (χ1v) is 6.23. The maximum Gasteiger partial charge on any atom is 0.312 e. The third-order valence-corrected chi connectivity index (χ3v) is 3.33. The number of piperazine rings is 1. The first kappa shape index (κ1) is 12.3. The van der Waals surface area contributed by atoms with Gasteiger partial charge in [-0.1, -0.05) is 0 Å². The fourth-order valence-corrected chi connectivity index (χ4v) is 2.33. The molecule has 6 heteroatoms. The van der Waals surface area contributed by atoms with Crippen molar-refractivity contribution >= 4 is 11.8 Å². The molecule has 1 unspecified atom stereocenters. The van der Waals surface area contributed by atoms with E-state index in [2.05, 4.69) is 5.32 Å². The van der Waals surface area contributed by atoms with E-state index >= 15 is 0 Å². The monoisotopic (exact) mass is 240 g/mol. The van der Waals surface area contributed by atoms with Crippen molar-refractivity contribution in [3.63, 3.8) is 0 Å². The summed E-state index contributed by atoms with van der Waals surface area (Å²) in [5.41, 5.74) is 5.81. The first-order chi connectivity index (χ1) is 8.18. The van der Waals surface area contributed by atoms with Gasteiger partial charge < -0.3 is 20.9 Å². The van der Waals surface area contributed by atoms with E-state index in [0.717, 1.165) is 25.9 Å². The lowest BCUT2D eigenvalue weighted by atomic mass is 10.1. The Morgan fingerprint density at radius 1 is 1.06 bits per heavy atom. The number of hydrogen-bond donors (Lipinski definition) is 2. The van der Waals surface area contributed by atoms with Crippen LogP contribution in [-0.2, 0) is 9.59 Å². The molecule has 2 aliphatic rings. The van der Waals surface area contributed by atoms with Crippen LogP contribution in [0, 0.1) is 0 Å². The highest BCUT2D eigenvalue weighted by Crippen LogP contribution is 2.09. The van der Waals surface area contributed by atoms with Crippen molar-refractivity contribution in [2.75, 3.05) is 39.3 Å². The summed E-state index contributed by atoms with van der Waals surface area (Å²) in [5.74, 6) is -0.761. The number of likely N-dealkylation sites (tertiary alicyclic amines) is 1. The van der Waals surface area contributed by atoms with Crippen molar-refractivity contribution in [3.05, 3.63) is 0 Å². The van der Waals surface area contributed by atoms with Crippen LogP contribution >= 0.6 is 0 Å². The zero-order valence-corrected chi connectivity index (χ0v) is 10.0. The molecule has 2 heterocycles. The number of nitrogens with two attached hydrogens (primary N) is 1. The number of amides is 2. The molecule has 1 atom stereocenters. The summed E-state index contributed by atoms with van der Waals surface area (Å²) in [4.78, 5) is 27.2. The molecular weight excluding hydrogens is 220 g/mol. The van der Waals surface area contributed by atoms with Crippen LogP contribution in [0.15, 0.2) is 0 Å². The molecular formula is C11H20N4O2. The SMILES string of the molecule is NC1CCCN(C(=O)C(=O)N2CCNCC2)C1. The summed E-state index contributed by atoms with van der Waals surface area (Å²) in [6.45, 7) is 3.92. The summed E-state index contributed by atoms with van der Waals surface area (Å²) < 4.78 is 0. The van der Waals surface area contributed by atoms with Gasteiger partial charge in [-0.15, -0.1) is 0 Å². The Balaban J connectivity index is 1.91. The smallest absolute Gasteiger partial charge is 0.312 e. The van der Waals surface area contributed by atoms with E-state index in [-0.39, 0.29) is 17.9 Å². The van der Waals surface area contributed by atoms with Crippen molar-refractivity contribution in [2.24, 2.45) is 5.73 Å². The molecule has 2 saturated heterocycles. The Bertz CT molecular complexity index is 302. The third-order valence-electron chi connectivity index (χ3n) is 3.33. The van der Waals surface area contributed by atoms with Crippen LogP contribution in [0.25, 0.3) is 0 Å². The van der Waals surface area contributed by atoms with Crippen LogP contribution in [0.4, 0.5) is 0 Å². The average Bonchev–Trinajstić information content (AvgIpc) is 2.38. The molecule has 0 aromatic rings. The zero-order chi connectivity index (χ0) is 12.3. The lowest BCUT2D eigenvalue weighted by Gasteiger charge is -2.33. The van der Waals surface area contributed by atoms with Gasteiger partial charge >= 0.3 is 11.8 Å². The molecule has 0 aliphatic carbocycles. The van der Waals surface area contributed by atoms with Gasteiger partial charge in [0, 0.05) is 45.3 Å². The van der Waals surface area contributed by atoms with Crippen LogP contribution in [0.3, 0.4) is 0 Å². The van der Waals surface area contributed by atoms with E-state index in [9.17, 15) is 9.59 Å². The van der Waals surface area contributed by atoms with Crippen molar-refractivity contribution in [3.8, 4) is 0 Å². The third kappa shape index (κ3) is 2.95. The number of nitrogens with one attached hydrogen (secondary N) is 1. The van der Waals surface area contributed by atoms with Crippen molar-refractivity contribution in [2.45, 2.75) is 18.9 Å². The molecule has 0 spiro atoms. The molecule has 2 aliphatic heterocycles. The van der Waals surface area contributed by atoms with E-state index in [4.69, 9.17) is 5.73 Å². The van der Waals surface area contributed by atoms with Gasteiger partial charge in [0.1, 0.15) is 0 Å². The number of nitrogens with zero attached hydrogens (tertiary/aromatic N) is 2. The molecule has 96 valence electrons. The zero-order valence-electron chi connectivity index (χ0n) is 10.0. The minimum absolute atomic E-state index is 0.0172. The van der Waals surface area contributed by atoms with Crippen molar-refractivity contribution in [1.82, 2.24) is 15.1 Å². The number of hydrogen-bond acceptors (Lipinski definition) is 4. The standard InChI is InChI=1S/C11H20N4O2/c12-9-2-1-5-15(8-9)11(17)10(16)14-6-3-13-4-7-14/h9,13H,1-8,12H2. The Kier molecular flexibility index (Phi) is 3.96. The minimum atomic E-state index is -0.387. The summed E-state index contributed by atoms with van der Waals surface area (Å²) in [5, 5.41) is 3.16. The number of piperidine rings is 1. The molecule has 0 bridgehead atoms. The highest BCUT2D eigenvalue weighted by Gasteiger charge is 2.30. The molecule has 0 radical (unpaired) electrons. The molecule has 0 saturated carbocycles. The molecule has 0 aromatic carbocycles. The lowest BCUT2D eigenvalue weighted by molar-refractivity contribution is -0.152. The van der Waals surface area contributed by atoms with Gasteiger partial charge in [-0.25, -0.2) is 0 Å². The Morgan fingerprint density at radius 3 is 2.35 bits per heavy atom. The van der Waals surface area contributed by atoms with Crippen LogP contribution in [0.1, 0.15) is 12.8 Å². The second-order valence-corrected chi connectivity index (χ2v) is 4.70. The Morgan fingerprint density at radius 2 is 1.71 bits per heavy atom. The summed E-state index contributed by atoms with van der Waals surface area (Å²) >= 11 is 0. The normalized spacial score (nSPS) is 25.8. The van der Waals surface area contributed by atoms with Crippen LogP contribution < -0.4 is 11.1 Å². The summed E-state index contributed by atoms with van der Waals surface area (Å²) in [6, 6.07) is 0.0172.